The van der Waals surface area contributed by atoms with Gasteiger partial charge in [-0.05, 0) is 92.4 Å². The smallest absolute Gasteiger partial charge is 0.240 e. The molecule has 0 radical (unpaired) electrons. The molecule has 4 bridgehead atoms. The number of benzene rings is 1. The standard InChI is InChI=1S/C21H28N2O3/c1-2-26-19-8-14(3-4-18(19)24)13-22-23-20(25)12-21-9-15-5-16(10-21)7-17(6-15)11-21/h3-4,8,13,15-17,24H,2,5-7,9-12H2,1H3,(H,23,25)/b22-13+. The highest BCUT2D eigenvalue weighted by molar-refractivity contribution is 5.83. The Morgan fingerprint density at radius 2 is 1.92 bits per heavy atom. The number of aromatic hydroxyl groups is 1. The fraction of sp³-hybridized carbons (Fsp3) is 0.619. The van der Waals surface area contributed by atoms with Crippen LogP contribution in [0.3, 0.4) is 0 Å². The van der Waals surface area contributed by atoms with Crippen molar-refractivity contribution in [3.05, 3.63) is 23.8 Å². The lowest BCUT2D eigenvalue weighted by Crippen LogP contribution is -2.47. The Balaban J connectivity index is 1.34. The summed E-state index contributed by atoms with van der Waals surface area (Å²) in [5, 5.41) is 13.8. The average Bonchev–Trinajstić information content (AvgIpc) is 2.56. The Bertz CT molecular complexity index is 678. The van der Waals surface area contributed by atoms with Gasteiger partial charge in [0.15, 0.2) is 11.5 Å². The van der Waals surface area contributed by atoms with E-state index in [0.717, 1.165) is 23.3 Å². The molecule has 0 saturated heterocycles. The van der Waals surface area contributed by atoms with Crippen molar-refractivity contribution in [2.24, 2.45) is 28.3 Å². The minimum Gasteiger partial charge on any atom is -0.504 e. The molecule has 2 N–H and O–H groups in total. The van der Waals surface area contributed by atoms with Crippen LogP contribution >= 0.6 is 0 Å². The molecule has 1 aromatic carbocycles. The van der Waals surface area contributed by atoms with Crippen LogP contribution in [0.15, 0.2) is 23.3 Å². The van der Waals surface area contributed by atoms with E-state index in [-0.39, 0.29) is 17.1 Å². The van der Waals surface area contributed by atoms with E-state index in [1.165, 1.54) is 38.5 Å². The fourth-order valence-corrected chi connectivity index (χ4v) is 5.95. The quantitative estimate of drug-likeness (QED) is 0.601. The molecule has 4 fully saturated rings. The summed E-state index contributed by atoms with van der Waals surface area (Å²) >= 11 is 0. The van der Waals surface area contributed by atoms with Crippen LogP contribution in [0.4, 0.5) is 0 Å². The van der Waals surface area contributed by atoms with Gasteiger partial charge in [0.2, 0.25) is 5.91 Å². The Labute approximate surface area is 154 Å². The van der Waals surface area contributed by atoms with Gasteiger partial charge in [-0.1, -0.05) is 0 Å². The molecule has 0 aromatic heterocycles. The number of amides is 1. The number of carbonyl (C=O) groups excluding carboxylic acids is 1. The molecule has 0 spiro atoms. The van der Waals surface area contributed by atoms with Gasteiger partial charge < -0.3 is 9.84 Å². The van der Waals surface area contributed by atoms with E-state index < -0.39 is 0 Å². The Morgan fingerprint density at radius 1 is 1.27 bits per heavy atom. The summed E-state index contributed by atoms with van der Waals surface area (Å²) < 4.78 is 5.36. The van der Waals surface area contributed by atoms with E-state index in [0.29, 0.717) is 18.8 Å². The molecule has 0 aliphatic heterocycles. The summed E-state index contributed by atoms with van der Waals surface area (Å²) in [7, 11) is 0. The third kappa shape index (κ3) is 3.57. The van der Waals surface area contributed by atoms with Crippen LogP contribution in [0.25, 0.3) is 0 Å². The second-order valence-electron chi connectivity index (χ2n) is 8.55. The number of hydrogen-bond donors (Lipinski definition) is 2. The molecule has 4 saturated carbocycles. The highest BCUT2D eigenvalue weighted by Gasteiger charge is 2.51. The number of phenols is 1. The molecule has 0 heterocycles. The predicted octanol–water partition coefficient (Wildman–Crippen LogP) is 3.85. The van der Waals surface area contributed by atoms with Crippen LogP contribution < -0.4 is 10.2 Å². The van der Waals surface area contributed by atoms with Gasteiger partial charge in [-0.15, -0.1) is 0 Å². The first-order valence-corrected chi connectivity index (χ1v) is 9.83. The monoisotopic (exact) mass is 356 g/mol. The molecule has 1 aromatic rings. The number of carbonyl (C=O) groups is 1. The Morgan fingerprint density at radius 3 is 2.54 bits per heavy atom. The van der Waals surface area contributed by atoms with Crippen molar-refractivity contribution < 1.29 is 14.6 Å². The molecule has 140 valence electrons. The number of nitrogens with zero attached hydrogens (tertiary/aromatic N) is 1. The molecule has 5 heteroatoms. The van der Waals surface area contributed by atoms with Gasteiger partial charge in [0, 0.05) is 6.42 Å². The van der Waals surface area contributed by atoms with Crippen molar-refractivity contribution in [2.45, 2.75) is 51.9 Å². The van der Waals surface area contributed by atoms with E-state index in [2.05, 4.69) is 10.5 Å². The van der Waals surface area contributed by atoms with Crippen LogP contribution in [0, 0.1) is 23.2 Å². The van der Waals surface area contributed by atoms with E-state index in [1.54, 1.807) is 24.4 Å². The lowest BCUT2D eigenvalue weighted by atomic mass is 9.49. The lowest BCUT2D eigenvalue weighted by Gasteiger charge is -2.56. The van der Waals surface area contributed by atoms with Gasteiger partial charge in [-0.3, -0.25) is 4.79 Å². The molecular formula is C21H28N2O3. The SMILES string of the molecule is CCOc1cc(/C=N/NC(=O)CC23CC4CC(CC(C4)C2)C3)ccc1O. The Hall–Kier alpha value is -2.04. The van der Waals surface area contributed by atoms with Crippen LogP contribution in [0.1, 0.15) is 57.4 Å². The van der Waals surface area contributed by atoms with Crippen molar-refractivity contribution >= 4 is 12.1 Å². The first kappa shape index (κ1) is 17.4. The maximum absolute atomic E-state index is 12.5. The topological polar surface area (TPSA) is 70.9 Å². The number of nitrogens with one attached hydrogen (secondary N) is 1. The van der Waals surface area contributed by atoms with Crippen LogP contribution in [-0.2, 0) is 4.79 Å². The van der Waals surface area contributed by atoms with Gasteiger partial charge in [0.1, 0.15) is 0 Å². The van der Waals surface area contributed by atoms with Crippen LogP contribution in [-0.4, -0.2) is 23.8 Å². The van der Waals surface area contributed by atoms with Gasteiger partial charge in [-0.25, -0.2) is 5.43 Å². The second-order valence-corrected chi connectivity index (χ2v) is 8.55. The van der Waals surface area contributed by atoms with E-state index in [1.807, 2.05) is 6.92 Å². The summed E-state index contributed by atoms with van der Waals surface area (Å²) in [6.07, 6.45) is 10.1. The van der Waals surface area contributed by atoms with Crippen molar-refractivity contribution in [2.75, 3.05) is 6.61 Å². The molecule has 4 aliphatic carbocycles. The maximum Gasteiger partial charge on any atom is 0.240 e. The summed E-state index contributed by atoms with van der Waals surface area (Å²) in [5.74, 6) is 3.11. The normalized spacial score (nSPS) is 32.1. The van der Waals surface area contributed by atoms with Gasteiger partial charge >= 0.3 is 0 Å². The first-order valence-electron chi connectivity index (χ1n) is 9.83. The van der Waals surface area contributed by atoms with E-state index >= 15 is 0 Å². The molecule has 0 atom stereocenters. The summed E-state index contributed by atoms with van der Waals surface area (Å²) in [6, 6.07) is 5.03. The highest BCUT2D eigenvalue weighted by Crippen LogP contribution is 2.61. The minimum atomic E-state index is 0.0204. The largest absolute Gasteiger partial charge is 0.504 e. The zero-order valence-electron chi connectivity index (χ0n) is 15.4. The van der Waals surface area contributed by atoms with Crippen molar-refractivity contribution in [1.29, 1.82) is 0 Å². The Kier molecular flexibility index (Phi) is 4.63. The highest BCUT2D eigenvalue weighted by atomic mass is 16.5. The molecule has 5 rings (SSSR count). The number of phenolic OH excluding ortho intramolecular Hbond substituents is 1. The third-order valence-electron chi connectivity index (χ3n) is 6.39. The van der Waals surface area contributed by atoms with Crippen molar-refractivity contribution in [3.8, 4) is 11.5 Å². The molecule has 0 unspecified atom stereocenters. The molecular weight excluding hydrogens is 328 g/mol. The van der Waals surface area contributed by atoms with E-state index in [9.17, 15) is 9.90 Å². The fourth-order valence-electron chi connectivity index (χ4n) is 5.95. The number of hydrazone groups is 1. The van der Waals surface area contributed by atoms with Crippen LogP contribution in [0.5, 0.6) is 11.5 Å². The number of rotatable bonds is 6. The average molecular weight is 356 g/mol. The van der Waals surface area contributed by atoms with E-state index in [4.69, 9.17) is 4.74 Å². The predicted molar refractivity (Wildman–Crippen MR) is 100 cm³/mol. The number of hydrogen-bond acceptors (Lipinski definition) is 4. The molecule has 5 nitrogen and oxygen atoms in total. The minimum absolute atomic E-state index is 0.0204. The van der Waals surface area contributed by atoms with Crippen molar-refractivity contribution in [1.82, 2.24) is 5.43 Å². The third-order valence-corrected chi connectivity index (χ3v) is 6.39. The summed E-state index contributed by atoms with van der Waals surface area (Å²) in [4.78, 5) is 12.5. The molecule has 26 heavy (non-hydrogen) atoms. The van der Waals surface area contributed by atoms with Crippen LogP contribution in [0.2, 0.25) is 0 Å². The lowest BCUT2D eigenvalue weighted by molar-refractivity contribution is -0.129. The maximum atomic E-state index is 12.5. The molecule has 4 aliphatic rings. The zero-order valence-corrected chi connectivity index (χ0v) is 15.4. The molecule has 1 amide bonds. The zero-order chi connectivity index (χ0) is 18.1. The van der Waals surface area contributed by atoms with Crippen molar-refractivity contribution in [3.63, 3.8) is 0 Å². The number of ether oxygens (including phenoxy) is 1. The first-order chi connectivity index (χ1) is 12.5. The summed E-state index contributed by atoms with van der Waals surface area (Å²) in [6.45, 7) is 2.35. The van der Waals surface area contributed by atoms with Gasteiger partial charge in [-0.2, -0.15) is 5.10 Å². The second kappa shape index (κ2) is 6.93. The van der Waals surface area contributed by atoms with Gasteiger partial charge in [0.25, 0.3) is 0 Å². The summed E-state index contributed by atoms with van der Waals surface area (Å²) in [5.41, 5.74) is 3.71. The van der Waals surface area contributed by atoms with Gasteiger partial charge in [0.05, 0.1) is 12.8 Å².